The number of hydrogen-bond acceptors (Lipinski definition) is 5. The van der Waals surface area contributed by atoms with Gasteiger partial charge in [0, 0.05) is 13.0 Å². The second-order valence-electron chi connectivity index (χ2n) is 3.96. The second kappa shape index (κ2) is 4.76. The van der Waals surface area contributed by atoms with E-state index in [0.717, 1.165) is 6.42 Å². The Balaban J connectivity index is 2.11. The molecule has 1 aromatic heterocycles. The highest BCUT2D eigenvalue weighted by Crippen LogP contribution is 2.17. The van der Waals surface area contributed by atoms with Crippen LogP contribution in [0.5, 0.6) is 0 Å². The largest absolute Gasteiger partial charge is 0.346 e. The molecule has 0 N–H and O–H groups in total. The van der Waals surface area contributed by atoms with Gasteiger partial charge in [-0.2, -0.15) is 5.10 Å². The van der Waals surface area contributed by atoms with Gasteiger partial charge in [0.1, 0.15) is 19.0 Å². The van der Waals surface area contributed by atoms with Gasteiger partial charge in [0.05, 0.1) is 0 Å². The summed E-state index contributed by atoms with van der Waals surface area (Å²) >= 11 is 0. The SMILES string of the molecule is O=c1n(CC(F)(F)CO[SH](=O)=O)nc2n1CCC2. The van der Waals surface area contributed by atoms with Crippen LogP contribution in [0, 0.1) is 0 Å². The van der Waals surface area contributed by atoms with E-state index in [-0.39, 0.29) is 0 Å². The van der Waals surface area contributed by atoms with Crippen molar-refractivity contribution in [2.45, 2.75) is 31.9 Å². The molecule has 0 bridgehead atoms. The predicted octanol–water partition coefficient (Wildman–Crippen LogP) is -0.831. The van der Waals surface area contributed by atoms with Crippen LogP contribution in [0.25, 0.3) is 0 Å². The number of fused-ring (bicyclic) bond motifs is 1. The lowest BCUT2D eigenvalue weighted by Gasteiger charge is -2.13. The molecular formula is C8H11F2N3O4S. The molecule has 1 aliphatic rings. The highest BCUT2D eigenvalue weighted by atomic mass is 32.2. The number of thiol groups is 1. The Morgan fingerprint density at radius 2 is 2.17 bits per heavy atom. The van der Waals surface area contributed by atoms with Crippen molar-refractivity contribution in [2.24, 2.45) is 0 Å². The molecular weight excluding hydrogens is 272 g/mol. The van der Waals surface area contributed by atoms with Crippen molar-refractivity contribution in [1.82, 2.24) is 14.3 Å². The van der Waals surface area contributed by atoms with Crippen LogP contribution >= 0.6 is 0 Å². The van der Waals surface area contributed by atoms with Gasteiger partial charge in [0.25, 0.3) is 16.9 Å². The third kappa shape index (κ3) is 2.75. The quantitative estimate of drug-likeness (QED) is 0.713. The van der Waals surface area contributed by atoms with Gasteiger partial charge in [-0.25, -0.2) is 26.7 Å². The van der Waals surface area contributed by atoms with Gasteiger partial charge in [-0.15, -0.1) is 0 Å². The van der Waals surface area contributed by atoms with Gasteiger partial charge in [-0.1, -0.05) is 0 Å². The van der Waals surface area contributed by atoms with E-state index in [9.17, 15) is 22.0 Å². The van der Waals surface area contributed by atoms with Crippen molar-refractivity contribution in [1.29, 1.82) is 0 Å². The number of aromatic nitrogens is 3. The molecule has 0 aromatic carbocycles. The topological polar surface area (TPSA) is 83.2 Å². The Morgan fingerprint density at radius 1 is 1.44 bits per heavy atom. The molecule has 10 heteroatoms. The smallest absolute Gasteiger partial charge is 0.279 e. The third-order valence-corrected chi connectivity index (χ3v) is 2.88. The molecule has 7 nitrogen and oxygen atoms in total. The first-order valence-electron chi connectivity index (χ1n) is 5.21. The summed E-state index contributed by atoms with van der Waals surface area (Å²) in [5, 5.41) is 3.78. The van der Waals surface area contributed by atoms with Crippen LogP contribution in [-0.4, -0.2) is 35.3 Å². The lowest BCUT2D eigenvalue weighted by atomic mass is 10.3. The summed E-state index contributed by atoms with van der Waals surface area (Å²) in [6.45, 7) is -1.81. The number of alkyl halides is 2. The number of aryl methyl sites for hydroxylation is 1. The van der Waals surface area contributed by atoms with Crippen LogP contribution in [0.3, 0.4) is 0 Å². The molecule has 0 unspecified atom stereocenters. The summed E-state index contributed by atoms with van der Waals surface area (Å²) < 4.78 is 52.6. The highest BCUT2D eigenvalue weighted by molar-refractivity contribution is 7.67. The first-order chi connectivity index (χ1) is 8.39. The second-order valence-corrected chi connectivity index (χ2v) is 4.67. The Bertz CT molecular complexity index is 569. The van der Waals surface area contributed by atoms with Crippen LogP contribution in [0.4, 0.5) is 8.78 Å². The molecule has 102 valence electrons. The molecule has 0 atom stereocenters. The fourth-order valence-corrected chi connectivity index (χ4v) is 2.10. The zero-order valence-electron chi connectivity index (χ0n) is 9.21. The van der Waals surface area contributed by atoms with Crippen LogP contribution in [0.2, 0.25) is 0 Å². The van der Waals surface area contributed by atoms with E-state index in [1.807, 2.05) is 0 Å². The molecule has 0 saturated heterocycles. The average Bonchev–Trinajstić information content (AvgIpc) is 2.81. The van der Waals surface area contributed by atoms with Crippen molar-refractivity contribution in [3.8, 4) is 0 Å². The molecule has 0 radical (unpaired) electrons. The standard InChI is InChI=1S/C8H11F2N3O4S/c9-8(10,5-17-18(15)16)4-13-7(14)12-3-1-2-6(12)11-13/h18H,1-5H2. The maximum absolute atomic E-state index is 13.3. The van der Waals surface area contributed by atoms with Crippen molar-refractivity contribution < 1.29 is 21.4 Å². The van der Waals surface area contributed by atoms with Crippen LogP contribution < -0.4 is 5.69 Å². The summed E-state index contributed by atoms with van der Waals surface area (Å²) in [7, 11) is -3.33. The van der Waals surface area contributed by atoms with Crippen LogP contribution in [-0.2, 0) is 34.7 Å². The average molecular weight is 283 g/mol. The van der Waals surface area contributed by atoms with Crippen LogP contribution in [0.1, 0.15) is 12.2 Å². The molecule has 1 aliphatic heterocycles. The normalized spacial score (nSPS) is 15.3. The molecule has 2 heterocycles. The summed E-state index contributed by atoms with van der Waals surface area (Å²) in [6, 6.07) is 0. The summed E-state index contributed by atoms with van der Waals surface area (Å²) in [6.07, 6.45) is 1.35. The molecule has 0 saturated carbocycles. The minimum Gasteiger partial charge on any atom is -0.279 e. The van der Waals surface area contributed by atoms with E-state index in [1.54, 1.807) is 0 Å². The molecule has 1 aromatic rings. The van der Waals surface area contributed by atoms with E-state index in [1.165, 1.54) is 4.57 Å². The summed E-state index contributed by atoms with van der Waals surface area (Å²) in [5.74, 6) is -2.99. The van der Waals surface area contributed by atoms with E-state index < -0.39 is 35.7 Å². The molecule has 0 spiro atoms. The maximum atomic E-state index is 13.3. The third-order valence-electron chi connectivity index (χ3n) is 2.54. The fraction of sp³-hybridized carbons (Fsp3) is 0.750. The van der Waals surface area contributed by atoms with Gasteiger partial charge >= 0.3 is 5.69 Å². The van der Waals surface area contributed by atoms with Gasteiger partial charge in [-0.3, -0.25) is 8.75 Å². The highest BCUT2D eigenvalue weighted by Gasteiger charge is 2.33. The number of halogens is 2. The van der Waals surface area contributed by atoms with E-state index in [0.29, 0.717) is 23.5 Å². The monoisotopic (exact) mass is 283 g/mol. The number of rotatable bonds is 5. The maximum Gasteiger partial charge on any atom is 0.346 e. The van der Waals surface area contributed by atoms with E-state index in [4.69, 9.17) is 0 Å². The predicted molar refractivity (Wildman–Crippen MR) is 56.0 cm³/mol. The van der Waals surface area contributed by atoms with Crippen molar-refractivity contribution >= 4 is 11.0 Å². The summed E-state index contributed by atoms with van der Waals surface area (Å²) in [5.41, 5.74) is -0.603. The van der Waals surface area contributed by atoms with Crippen molar-refractivity contribution in [3.05, 3.63) is 16.3 Å². The van der Waals surface area contributed by atoms with Gasteiger partial charge in [-0.05, 0) is 6.42 Å². The Labute approximate surface area is 102 Å². The van der Waals surface area contributed by atoms with Crippen LogP contribution in [0.15, 0.2) is 4.79 Å². The van der Waals surface area contributed by atoms with Gasteiger partial charge in [0.15, 0.2) is 0 Å². The Morgan fingerprint density at radius 3 is 2.78 bits per heavy atom. The minimum absolute atomic E-state index is 0.475. The zero-order chi connectivity index (χ0) is 13.3. The Kier molecular flexibility index (Phi) is 3.48. The minimum atomic E-state index is -3.46. The van der Waals surface area contributed by atoms with E-state index >= 15 is 0 Å². The first kappa shape index (κ1) is 13.1. The molecule has 0 aliphatic carbocycles. The summed E-state index contributed by atoms with van der Waals surface area (Å²) in [4.78, 5) is 11.6. The van der Waals surface area contributed by atoms with Gasteiger partial charge < -0.3 is 0 Å². The molecule has 2 rings (SSSR count). The number of nitrogens with zero attached hydrogens (tertiary/aromatic N) is 3. The van der Waals surface area contributed by atoms with Crippen molar-refractivity contribution in [2.75, 3.05) is 6.61 Å². The lowest BCUT2D eigenvalue weighted by molar-refractivity contribution is -0.0553. The van der Waals surface area contributed by atoms with E-state index in [2.05, 4.69) is 9.28 Å². The zero-order valence-corrected chi connectivity index (χ0v) is 10.1. The molecule has 18 heavy (non-hydrogen) atoms. The molecule has 0 fully saturated rings. The Hall–Kier alpha value is -1.29. The fourth-order valence-electron chi connectivity index (χ4n) is 1.81. The molecule has 0 amide bonds. The first-order valence-corrected chi connectivity index (χ1v) is 6.30. The van der Waals surface area contributed by atoms with Gasteiger partial charge in [0.2, 0.25) is 0 Å². The number of hydrogen-bond donors (Lipinski definition) is 1. The van der Waals surface area contributed by atoms with Crippen molar-refractivity contribution in [3.63, 3.8) is 0 Å². The lowest BCUT2D eigenvalue weighted by Crippen LogP contribution is -2.35.